The van der Waals surface area contributed by atoms with Gasteiger partial charge in [0.25, 0.3) is 0 Å². The average Bonchev–Trinajstić information content (AvgIpc) is 2.67. The highest BCUT2D eigenvalue weighted by atomic mass is 19.1. The third-order valence-corrected chi connectivity index (χ3v) is 4.24. The Morgan fingerprint density at radius 1 is 0.885 bits per heavy atom. The summed E-state index contributed by atoms with van der Waals surface area (Å²) < 4.78 is 24.6. The van der Waals surface area contributed by atoms with E-state index in [1.54, 1.807) is 19.2 Å². The van der Waals surface area contributed by atoms with Crippen LogP contribution < -0.4 is 14.8 Å². The molecule has 0 aliphatic heterocycles. The second-order valence-corrected chi connectivity index (χ2v) is 6.02. The van der Waals surface area contributed by atoms with E-state index in [2.05, 4.69) is 24.4 Å². The second-order valence-electron chi connectivity index (χ2n) is 6.02. The number of ether oxygens (including phenoxy) is 2. The summed E-state index contributed by atoms with van der Waals surface area (Å²) in [7, 11) is 1.63. The molecule has 0 saturated carbocycles. The van der Waals surface area contributed by atoms with E-state index in [1.807, 2.05) is 30.3 Å². The van der Waals surface area contributed by atoms with Gasteiger partial charge in [-0.1, -0.05) is 36.4 Å². The monoisotopic (exact) mass is 351 g/mol. The van der Waals surface area contributed by atoms with E-state index in [1.165, 1.54) is 17.7 Å². The highest BCUT2D eigenvalue weighted by Gasteiger charge is 2.11. The fourth-order valence-corrected chi connectivity index (χ4v) is 2.71. The summed E-state index contributed by atoms with van der Waals surface area (Å²) in [5.74, 6) is 1.16. The van der Waals surface area contributed by atoms with Gasteiger partial charge in [0.1, 0.15) is 12.4 Å². The van der Waals surface area contributed by atoms with Crippen molar-refractivity contribution in [3.63, 3.8) is 0 Å². The fraction of sp³-hybridized carbons (Fsp3) is 0.182. The molecule has 3 aromatic rings. The number of nitrogens with one attached hydrogen (secondary N) is 1. The number of anilines is 1. The lowest BCUT2D eigenvalue weighted by atomic mass is 10.1. The minimum Gasteiger partial charge on any atom is -0.493 e. The summed E-state index contributed by atoms with van der Waals surface area (Å²) in [5, 5.41) is 3.29. The van der Waals surface area contributed by atoms with E-state index in [4.69, 9.17) is 9.47 Å². The summed E-state index contributed by atoms with van der Waals surface area (Å²) in [4.78, 5) is 0. The Kier molecular flexibility index (Phi) is 5.74. The average molecular weight is 351 g/mol. The number of para-hydroxylation sites is 1. The zero-order valence-corrected chi connectivity index (χ0v) is 15.0. The maximum Gasteiger partial charge on any atom is 0.166 e. The van der Waals surface area contributed by atoms with Crippen LogP contribution in [0.25, 0.3) is 0 Å². The summed E-state index contributed by atoms with van der Waals surface area (Å²) in [6.07, 6.45) is 0. The Labute approximate surface area is 153 Å². The molecule has 1 N–H and O–H groups in total. The molecule has 3 aromatic carbocycles. The van der Waals surface area contributed by atoms with Crippen LogP contribution in [0.2, 0.25) is 0 Å². The molecular weight excluding hydrogens is 329 g/mol. The lowest BCUT2D eigenvalue weighted by molar-refractivity contribution is 0.281. The summed E-state index contributed by atoms with van der Waals surface area (Å²) in [6.45, 7) is 3.08. The largest absolute Gasteiger partial charge is 0.493 e. The highest BCUT2D eigenvalue weighted by Crippen LogP contribution is 2.32. The van der Waals surface area contributed by atoms with Gasteiger partial charge in [-0.05, 0) is 48.4 Å². The molecule has 0 heterocycles. The minimum atomic E-state index is -0.251. The molecule has 0 unspecified atom stereocenters. The molecule has 0 spiro atoms. The van der Waals surface area contributed by atoms with E-state index >= 15 is 0 Å². The van der Waals surface area contributed by atoms with Crippen LogP contribution in [0.4, 0.5) is 10.1 Å². The molecule has 0 aliphatic rings. The van der Waals surface area contributed by atoms with Crippen LogP contribution in [0, 0.1) is 12.7 Å². The maximum absolute atomic E-state index is 13.0. The van der Waals surface area contributed by atoms with E-state index in [0.29, 0.717) is 24.7 Å². The van der Waals surface area contributed by atoms with Gasteiger partial charge >= 0.3 is 0 Å². The predicted molar refractivity (Wildman–Crippen MR) is 102 cm³/mol. The standard InChI is InChI=1S/C22H22FNO2/c1-16-6-3-4-7-18(16)15-26-22-17(8-5-9-21(22)25-2)14-24-20-12-10-19(23)11-13-20/h3-13,24H,14-15H2,1-2H3. The molecule has 0 fully saturated rings. The van der Waals surface area contributed by atoms with Crippen molar-refractivity contribution in [2.45, 2.75) is 20.1 Å². The molecule has 0 radical (unpaired) electrons. The number of rotatable bonds is 7. The molecule has 0 aliphatic carbocycles. The van der Waals surface area contributed by atoms with Crippen LogP contribution in [0.3, 0.4) is 0 Å². The number of methoxy groups -OCH3 is 1. The Balaban J connectivity index is 1.77. The third-order valence-electron chi connectivity index (χ3n) is 4.24. The SMILES string of the molecule is COc1cccc(CNc2ccc(F)cc2)c1OCc1ccccc1C. The summed E-state index contributed by atoms with van der Waals surface area (Å²) in [5.41, 5.74) is 4.14. The van der Waals surface area contributed by atoms with Crippen molar-refractivity contribution in [3.05, 3.63) is 89.2 Å². The van der Waals surface area contributed by atoms with Crippen molar-refractivity contribution in [3.8, 4) is 11.5 Å². The maximum atomic E-state index is 13.0. The molecule has 0 aromatic heterocycles. The van der Waals surface area contributed by atoms with E-state index in [0.717, 1.165) is 16.8 Å². The van der Waals surface area contributed by atoms with Crippen LogP contribution in [0.15, 0.2) is 66.7 Å². The fourth-order valence-electron chi connectivity index (χ4n) is 2.71. The van der Waals surface area contributed by atoms with Crippen LogP contribution >= 0.6 is 0 Å². The van der Waals surface area contributed by atoms with Crippen LogP contribution in [0.1, 0.15) is 16.7 Å². The Morgan fingerprint density at radius 3 is 2.35 bits per heavy atom. The molecule has 3 rings (SSSR count). The van der Waals surface area contributed by atoms with E-state index in [-0.39, 0.29) is 5.82 Å². The summed E-state index contributed by atoms with van der Waals surface area (Å²) in [6, 6.07) is 20.2. The van der Waals surface area contributed by atoms with Crippen molar-refractivity contribution in [1.82, 2.24) is 0 Å². The lowest BCUT2D eigenvalue weighted by Crippen LogP contribution is -2.06. The molecule has 26 heavy (non-hydrogen) atoms. The van der Waals surface area contributed by atoms with E-state index in [9.17, 15) is 4.39 Å². The Bertz CT molecular complexity index is 862. The molecule has 0 amide bonds. The van der Waals surface area contributed by atoms with Crippen molar-refractivity contribution < 1.29 is 13.9 Å². The third kappa shape index (κ3) is 4.33. The quantitative estimate of drug-likeness (QED) is 0.624. The topological polar surface area (TPSA) is 30.5 Å². The first kappa shape index (κ1) is 17.8. The smallest absolute Gasteiger partial charge is 0.166 e. The van der Waals surface area contributed by atoms with Gasteiger partial charge in [0.05, 0.1) is 7.11 Å². The zero-order chi connectivity index (χ0) is 18.4. The summed E-state index contributed by atoms with van der Waals surface area (Å²) >= 11 is 0. The number of halogens is 1. The first-order valence-electron chi connectivity index (χ1n) is 8.50. The number of hydrogen-bond donors (Lipinski definition) is 1. The number of hydrogen-bond acceptors (Lipinski definition) is 3. The van der Waals surface area contributed by atoms with Crippen molar-refractivity contribution >= 4 is 5.69 Å². The highest BCUT2D eigenvalue weighted by molar-refractivity contribution is 5.50. The minimum absolute atomic E-state index is 0.251. The Morgan fingerprint density at radius 2 is 1.62 bits per heavy atom. The van der Waals surface area contributed by atoms with Gasteiger partial charge in [-0.25, -0.2) is 4.39 Å². The second kappa shape index (κ2) is 8.39. The zero-order valence-electron chi connectivity index (χ0n) is 15.0. The molecule has 0 saturated heterocycles. The lowest BCUT2D eigenvalue weighted by Gasteiger charge is -2.17. The van der Waals surface area contributed by atoms with E-state index < -0.39 is 0 Å². The van der Waals surface area contributed by atoms with Crippen molar-refractivity contribution in [1.29, 1.82) is 0 Å². The van der Waals surface area contributed by atoms with Crippen LogP contribution in [-0.4, -0.2) is 7.11 Å². The van der Waals surface area contributed by atoms with Crippen LogP contribution in [-0.2, 0) is 13.2 Å². The molecule has 0 atom stereocenters. The van der Waals surface area contributed by atoms with Gasteiger partial charge in [0.2, 0.25) is 0 Å². The normalized spacial score (nSPS) is 10.4. The van der Waals surface area contributed by atoms with Gasteiger partial charge in [-0.3, -0.25) is 0 Å². The predicted octanol–water partition coefficient (Wildman–Crippen LogP) is 5.33. The van der Waals surface area contributed by atoms with Crippen molar-refractivity contribution in [2.24, 2.45) is 0 Å². The molecule has 0 bridgehead atoms. The van der Waals surface area contributed by atoms with Gasteiger partial charge in [0.15, 0.2) is 11.5 Å². The first-order valence-corrected chi connectivity index (χ1v) is 8.50. The van der Waals surface area contributed by atoms with Crippen LogP contribution in [0.5, 0.6) is 11.5 Å². The van der Waals surface area contributed by atoms with Gasteiger partial charge < -0.3 is 14.8 Å². The number of benzene rings is 3. The van der Waals surface area contributed by atoms with Gasteiger partial charge in [-0.2, -0.15) is 0 Å². The molecular formula is C22H22FNO2. The molecule has 4 heteroatoms. The van der Waals surface area contributed by atoms with Gasteiger partial charge in [-0.15, -0.1) is 0 Å². The first-order chi connectivity index (χ1) is 12.7. The number of aryl methyl sites for hydroxylation is 1. The molecule has 134 valence electrons. The van der Waals surface area contributed by atoms with Gasteiger partial charge in [0, 0.05) is 17.8 Å². The Hall–Kier alpha value is -3.01. The molecule has 3 nitrogen and oxygen atoms in total. The van der Waals surface area contributed by atoms with Crippen molar-refractivity contribution in [2.75, 3.05) is 12.4 Å².